The fraction of sp³-hybridized carbons (Fsp3) is 0.310. The lowest BCUT2D eigenvalue weighted by atomic mass is 9.80. The Kier molecular flexibility index (Phi) is 16.9. The van der Waals surface area contributed by atoms with Crippen LogP contribution in [0.2, 0.25) is 0 Å². The lowest BCUT2D eigenvalue weighted by Crippen LogP contribution is -2.66. The molecule has 6 aromatic rings. The first kappa shape index (κ1) is 52.2. The molecule has 2 aliphatic rings. The van der Waals surface area contributed by atoms with Crippen molar-refractivity contribution < 1.29 is 72.0 Å². The topological polar surface area (TPSA) is 192 Å². The maximum atomic E-state index is 12.8. The number of aliphatic hydroxyl groups excluding tert-OH is 2. The average molecular weight is 995 g/mol. The van der Waals surface area contributed by atoms with Crippen molar-refractivity contribution in [2.45, 2.75) is 100 Å². The summed E-state index contributed by atoms with van der Waals surface area (Å²) in [6, 6.07) is 56.8. The molecule has 380 valence electrons. The standard InChI is InChI=1S/C58H58O15/c1-37(59)67-51-47(35-65-57(41-23-11-5-12-24-41,42-25-13-6-14-26-42)43-27-15-7-16-28-43)71-55(53(49(51)63)69-39(3)61)73-56-54(70-40(4)62)50(64)52(68-38(2)60)48(72-56)36-66-58(44-29-17-8-18-30-44,45-31-19-9-20-32-45)46-33-21-10-22-34-46/h5-34,47-56,63-64H,35-36H2,1-4H3/t47-,48-,49+,50+,51+,52+,53-,54-,55-,56-/m1/s1. The quantitative estimate of drug-likeness (QED) is 0.0512. The molecule has 10 atom stereocenters. The number of aliphatic hydroxyl groups is 2. The number of hydrogen-bond donors (Lipinski definition) is 2. The summed E-state index contributed by atoms with van der Waals surface area (Å²) in [5.41, 5.74) is 1.78. The number of carbonyl (C=O) groups is 4. The van der Waals surface area contributed by atoms with E-state index < -0.39 is 96.5 Å². The molecule has 73 heavy (non-hydrogen) atoms. The Hall–Kier alpha value is -7.08. The Morgan fingerprint density at radius 2 is 0.603 bits per heavy atom. The van der Waals surface area contributed by atoms with Gasteiger partial charge in [-0.1, -0.05) is 182 Å². The number of benzene rings is 6. The van der Waals surface area contributed by atoms with E-state index in [9.17, 15) is 29.4 Å². The van der Waals surface area contributed by atoms with Crippen LogP contribution >= 0.6 is 0 Å². The zero-order valence-corrected chi connectivity index (χ0v) is 40.7. The lowest BCUT2D eigenvalue weighted by molar-refractivity contribution is -0.379. The second-order valence-electron chi connectivity index (χ2n) is 17.7. The highest BCUT2D eigenvalue weighted by Gasteiger charge is 2.56. The molecule has 6 aromatic carbocycles. The Morgan fingerprint density at radius 3 is 0.822 bits per heavy atom. The third-order valence-electron chi connectivity index (χ3n) is 12.7. The molecule has 2 fully saturated rings. The Labute approximate surface area is 423 Å². The van der Waals surface area contributed by atoms with Crippen LogP contribution in [0.15, 0.2) is 182 Å². The van der Waals surface area contributed by atoms with E-state index in [1.807, 2.05) is 182 Å². The minimum Gasteiger partial charge on any atom is -0.457 e. The smallest absolute Gasteiger partial charge is 0.303 e. The molecule has 0 amide bonds. The van der Waals surface area contributed by atoms with Crippen LogP contribution in [0, 0.1) is 0 Å². The molecule has 8 rings (SSSR count). The van der Waals surface area contributed by atoms with Gasteiger partial charge in [-0.25, -0.2) is 0 Å². The molecule has 0 aromatic heterocycles. The van der Waals surface area contributed by atoms with Crippen molar-refractivity contribution in [3.63, 3.8) is 0 Å². The zero-order valence-electron chi connectivity index (χ0n) is 40.7. The van der Waals surface area contributed by atoms with Crippen LogP contribution in [0.4, 0.5) is 0 Å². The number of hydrogen-bond acceptors (Lipinski definition) is 15. The molecular weight excluding hydrogens is 937 g/mol. The van der Waals surface area contributed by atoms with Crippen LogP contribution in [-0.2, 0) is 73.0 Å². The van der Waals surface area contributed by atoms with E-state index in [2.05, 4.69) is 0 Å². The van der Waals surface area contributed by atoms with Gasteiger partial charge in [0.25, 0.3) is 0 Å². The SMILES string of the molecule is CC(=O)O[C@@H]1[C@H](O)[C@@H](OC(C)=O)[C@@H](O[C@H]2O[C@H](COC(c3ccccc3)(c3ccccc3)c3ccccc3)[C@H](OC(C)=O)[C@H](O)[C@H]2OC(C)=O)O[C@@H]1COC(c1ccccc1)(c1ccccc1)c1ccccc1. The van der Waals surface area contributed by atoms with E-state index in [1.165, 1.54) is 0 Å². The highest BCUT2D eigenvalue weighted by molar-refractivity contribution is 5.68. The van der Waals surface area contributed by atoms with E-state index in [-0.39, 0.29) is 13.2 Å². The fourth-order valence-electron chi connectivity index (χ4n) is 9.67. The van der Waals surface area contributed by atoms with Gasteiger partial charge in [-0.15, -0.1) is 0 Å². The van der Waals surface area contributed by atoms with E-state index in [1.54, 1.807) is 0 Å². The second kappa shape index (κ2) is 23.6. The molecule has 15 heteroatoms. The van der Waals surface area contributed by atoms with Crippen molar-refractivity contribution in [1.82, 2.24) is 0 Å². The third kappa shape index (κ3) is 11.6. The van der Waals surface area contributed by atoms with Gasteiger partial charge in [0, 0.05) is 27.7 Å². The molecule has 2 N–H and O–H groups in total. The molecule has 0 spiro atoms. The number of esters is 4. The largest absolute Gasteiger partial charge is 0.457 e. The monoisotopic (exact) mass is 994 g/mol. The first-order valence-corrected chi connectivity index (χ1v) is 23.9. The summed E-state index contributed by atoms with van der Waals surface area (Å²) in [5, 5.41) is 24.4. The summed E-state index contributed by atoms with van der Waals surface area (Å²) in [5.74, 6) is -3.31. The molecule has 0 aliphatic carbocycles. The van der Waals surface area contributed by atoms with E-state index in [0.29, 0.717) is 0 Å². The molecule has 2 heterocycles. The average Bonchev–Trinajstić information content (AvgIpc) is 3.40. The van der Waals surface area contributed by atoms with Gasteiger partial charge in [0.15, 0.2) is 24.4 Å². The maximum Gasteiger partial charge on any atom is 0.303 e. The Bertz CT molecular complexity index is 2350. The minimum atomic E-state index is -1.82. The maximum absolute atomic E-state index is 12.8. The van der Waals surface area contributed by atoms with E-state index >= 15 is 0 Å². The van der Waals surface area contributed by atoms with Gasteiger partial charge in [-0.05, 0) is 33.4 Å². The normalized spacial score (nSPS) is 24.1. The molecule has 0 unspecified atom stereocenters. The van der Waals surface area contributed by atoms with Crippen LogP contribution < -0.4 is 0 Å². The summed E-state index contributed by atoms with van der Waals surface area (Å²) >= 11 is 0. The van der Waals surface area contributed by atoms with Gasteiger partial charge < -0.3 is 52.8 Å². The number of rotatable bonds is 18. The van der Waals surface area contributed by atoms with Crippen molar-refractivity contribution in [2.24, 2.45) is 0 Å². The zero-order chi connectivity index (χ0) is 51.5. The summed E-state index contributed by atoms with van der Waals surface area (Å²) in [6.07, 6.45) is -16.4. The first-order valence-electron chi connectivity index (χ1n) is 23.9. The van der Waals surface area contributed by atoms with Gasteiger partial charge in [0.2, 0.25) is 12.6 Å². The second-order valence-corrected chi connectivity index (χ2v) is 17.7. The number of carbonyl (C=O) groups excluding carboxylic acids is 4. The molecule has 15 nitrogen and oxygen atoms in total. The first-order chi connectivity index (χ1) is 35.3. The summed E-state index contributed by atoms with van der Waals surface area (Å²) < 4.78 is 56.7. The van der Waals surface area contributed by atoms with Crippen LogP contribution in [0.3, 0.4) is 0 Å². The van der Waals surface area contributed by atoms with Crippen LogP contribution in [0.25, 0.3) is 0 Å². The molecule has 2 aliphatic heterocycles. The van der Waals surface area contributed by atoms with Gasteiger partial charge in [-0.3, -0.25) is 19.2 Å². The van der Waals surface area contributed by atoms with Gasteiger partial charge in [0.1, 0.15) is 35.6 Å². The molecular formula is C58H58O15. The van der Waals surface area contributed by atoms with Crippen molar-refractivity contribution in [1.29, 1.82) is 0 Å². The van der Waals surface area contributed by atoms with Crippen LogP contribution in [0.5, 0.6) is 0 Å². The van der Waals surface area contributed by atoms with Crippen LogP contribution in [0.1, 0.15) is 61.1 Å². The minimum absolute atomic E-state index is 0.382. The predicted molar refractivity (Wildman–Crippen MR) is 263 cm³/mol. The van der Waals surface area contributed by atoms with Crippen molar-refractivity contribution in [3.05, 3.63) is 215 Å². The summed E-state index contributed by atoms with van der Waals surface area (Å²) in [7, 11) is 0. The van der Waals surface area contributed by atoms with Crippen LogP contribution in [-0.4, -0.2) is 109 Å². The predicted octanol–water partition coefficient (Wildman–Crippen LogP) is 6.92. The van der Waals surface area contributed by atoms with Crippen molar-refractivity contribution in [3.8, 4) is 0 Å². The van der Waals surface area contributed by atoms with Crippen molar-refractivity contribution in [2.75, 3.05) is 13.2 Å². The fourth-order valence-corrected chi connectivity index (χ4v) is 9.67. The molecule has 0 bridgehead atoms. The highest BCUT2D eigenvalue weighted by atomic mass is 16.8. The van der Waals surface area contributed by atoms with E-state index in [0.717, 1.165) is 61.1 Å². The molecule has 2 saturated heterocycles. The van der Waals surface area contributed by atoms with E-state index in [4.69, 9.17) is 42.6 Å². The molecule has 0 radical (unpaired) electrons. The Balaban J connectivity index is 1.18. The summed E-state index contributed by atoms with van der Waals surface area (Å²) in [4.78, 5) is 51.3. The van der Waals surface area contributed by atoms with Crippen molar-refractivity contribution >= 4 is 23.9 Å². The number of ether oxygens (including phenoxy) is 9. The summed E-state index contributed by atoms with van der Waals surface area (Å²) in [6.45, 7) is 3.75. The Morgan fingerprint density at radius 1 is 0.384 bits per heavy atom. The van der Waals surface area contributed by atoms with Gasteiger partial charge >= 0.3 is 23.9 Å². The lowest BCUT2D eigenvalue weighted by Gasteiger charge is -2.48. The highest BCUT2D eigenvalue weighted by Crippen LogP contribution is 2.44. The third-order valence-corrected chi connectivity index (χ3v) is 12.7. The molecule has 0 saturated carbocycles. The van der Waals surface area contributed by atoms with Gasteiger partial charge in [0.05, 0.1) is 13.2 Å². The van der Waals surface area contributed by atoms with Gasteiger partial charge in [-0.2, -0.15) is 0 Å².